The van der Waals surface area contributed by atoms with E-state index in [1.807, 2.05) is 30.4 Å². The second-order valence-corrected chi connectivity index (χ2v) is 7.92. The number of hydrogen-bond donors (Lipinski definition) is 3. The van der Waals surface area contributed by atoms with Crippen molar-refractivity contribution in [1.29, 1.82) is 0 Å². The van der Waals surface area contributed by atoms with Crippen LogP contribution in [0.5, 0.6) is 11.8 Å². The van der Waals surface area contributed by atoms with Gasteiger partial charge in [-0.15, -0.1) is 0 Å². The van der Waals surface area contributed by atoms with Gasteiger partial charge in [0, 0.05) is 42.5 Å². The van der Waals surface area contributed by atoms with Gasteiger partial charge < -0.3 is 15.3 Å². The fourth-order valence-electron chi connectivity index (χ4n) is 4.66. The van der Waals surface area contributed by atoms with Gasteiger partial charge in [-0.3, -0.25) is 14.5 Å². The molecule has 0 spiro atoms. The van der Waals surface area contributed by atoms with Gasteiger partial charge in [0.25, 0.3) is 0 Å². The number of benzene rings is 1. The Labute approximate surface area is 173 Å². The maximum absolute atomic E-state index is 13.5. The second-order valence-electron chi connectivity index (χ2n) is 7.92. The molecular formula is C23H22FN3O3. The van der Waals surface area contributed by atoms with Crippen LogP contribution in [0.25, 0.3) is 17.2 Å². The van der Waals surface area contributed by atoms with Crippen molar-refractivity contribution in [3.63, 3.8) is 0 Å². The minimum absolute atomic E-state index is 0.0375. The highest BCUT2D eigenvalue weighted by atomic mass is 19.1. The molecule has 3 aromatic rings. The van der Waals surface area contributed by atoms with Gasteiger partial charge in [-0.25, -0.2) is 4.39 Å². The van der Waals surface area contributed by atoms with Gasteiger partial charge in [-0.2, -0.15) is 0 Å². The molecule has 7 heteroatoms. The molecule has 1 aromatic carbocycles. The van der Waals surface area contributed by atoms with Gasteiger partial charge >= 0.3 is 0 Å². The normalized spacial score (nSPS) is 23.2. The highest BCUT2D eigenvalue weighted by Gasteiger charge is 2.48. The number of nitrogens with zero attached hydrogens (tertiary/aromatic N) is 3. The number of aromatic nitrogens is 2. The third-order valence-corrected chi connectivity index (χ3v) is 6.10. The first-order chi connectivity index (χ1) is 14.4. The molecule has 154 valence electrons. The minimum Gasteiger partial charge on any atom is -0.494 e. The van der Waals surface area contributed by atoms with E-state index in [1.165, 1.54) is 16.7 Å². The van der Waals surface area contributed by atoms with E-state index in [-0.39, 0.29) is 29.7 Å². The number of rotatable bonds is 3. The van der Waals surface area contributed by atoms with Crippen molar-refractivity contribution in [2.75, 3.05) is 6.54 Å². The maximum atomic E-state index is 13.5. The van der Waals surface area contributed by atoms with E-state index in [9.17, 15) is 19.7 Å². The smallest absolute Gasteiger partial charge is 0.199 e. The first-order valence-corrected chi connectivity index (χ1v) is 9.88. The Hall–Kier alpha value is -3.16. The van der Waals surface area contributed by atoms with E-state index >= 15 is 0 Å². The van der Waals surface area contributed by atoms with Crippen LogP contribution in [0.3, 0.4) is 0 Å². The topological polar surface area (TPSA) is 81.8 Å². The van der Waals surface area contributed by atoms with Crippen LogP contribution in [-0.4, -0.2) is 42.4 Å². The van der Waals surface area contributed by atoms with Crippen molar-refractivity contribution in [2.45, 2.75) is 24.6 Å². The highest BCUT2D eigenvalue weighted by molar-refractivity contribution is 5.64. The first-order valence-electron chi connectivity index (χ1n) is 9.88. The second kappa shape index (κ2) is 6.97. The van der Waals surface area contributed by atoms with E-state index in [1.54, 1.807) is 19.3 Å². The summed E-state index contributed by atoms with van der Waals surface area (Å²) in [5.41, 5.74) is 3.68. The summed E-state index contributed by atoms with van der Waals surface area (Å²) in [6.45, 7) is 0.475. The minimum atomic E-state index is -0.468. The lowest BCUT2D eigenvalue weighted by molar-refractivity contribution is 0.167. The molecule has 0 radical (unpaired) electrons. The van der Waals surface area contributed by atoms with E-state index < -0.39 is 6.10 Å². The highest BCUT2D eigenvalue weighted by Crippen LogP contribution is 2.55. The summed E-state index contributed by atoms with van der Waals surface area (Å²) >= 11 is 0. The predicted molar refractivity (Wildman–Crippen MR) is 110 cm³/mol. The Kier molecular flexibility index (Phi) is 4.38. The monoisotopic (exact) mass is 407 g/mol. The SMILES string of the molecule is Cn1c(O)c2c(c1O)C1CC(O)CN1C2/C=C/c1ccc(-c2cccc(F)c2)cn1. The van der Waals surface area contributed by atoms with Crippen molar-refractivity contribution in [3.8, 4) is 22.9 Å². The van der Waals surface area contributed by atoms with Crippen molar-refractivity contribution in [1.82, 2.24) is 14.5 Å². The number of aromatic hydroxyl groups is 2. The number of hydrogen-bond acceptors (Lipinski definition) is 5. The lowest BCUT2D eigenvalue weighted by Gasteiger charge is -2.22. The number of aliphatic hydroxyl groups is 1. The molecule has 6 nitrogen and oxygen atoms in total. The summed E-state index contributed by atoms with van der Waals surface area (Å²) in [7, 11) is 1.62. The molecule has 1 fully saturated rings. The van der Waals surface area contributed by atoms with E-state index in [2.05, 4.69) is 9.88 Å². The summed E-state index contributed by atoms with van der Waals surface area (Å²) in [4.78, 5) is 6.54. The molecular weight excluding hydrogens is 385 g/mol. The third kappa shape index (κ3) is 2.89. The number of fused-ring (bicyclic) bond motifs is 3. The standard InChI is InChI=1S/C23H22FN3O3/c1-26-22(29)20-18(27-12-17(28)10-19(27)21(20)23(26)30)8-7-16-6-5-14(11-25-16)13-3-2-4-15(24)9-13/h2-9,11,17-19,28-30H,10,12H2,1H3/b8-7+. The largest absolute Gasteiger partial charge is 0.494 e. The van der Waals surface area contributed by atoms with E-state index in [0.29, 0.717) is 24.1 Å². The van der Waals surface area contributed by atoms with Crippen LogP contribution in [0.4, 0.5) is 4.39 Å². The summed E-state index contributed by atoms with van der Waals surface area (Å²) < 4.78 is 14.8. The van der Waals surface area contributed by atoms with Crippen molar-refractivity contribution in [2.24, 2.45) is 7.05 Å². The zero-order valence-electron chi connectivity index (χ0n) is 16.4. The number of aliphatic hydroxyl groups excluding tert-OH is 1. The Bertz CT molecular complexity index is 1140. The maximum Gasteiger partial charge on any atom is 0.199 e. The first kappa shape index (κ1) is 18.8. The fourth-order valence-corrected chi connectivity index (χ4v) is 4.66. The molecule has 0 amide bonds. The average Bonchev–Trinajstić information content (AvgIpc) is 3.32. The molecule has 2 aliphatic rings. The number of pyridine rings is 1. The van der Waals surface area contributed by atoms with Crippen molar-refractivity contribution >= 4 is 6.08 Å². The van der Waals surface area contributed by atoms with Crippen LogP contribution < -0.4 is 0 Å². The van der Waals surface area contributed by atoms with E-state index in [0.717, 1.165) is 16.8 Å². The molecule has 3 unspecified atom stereocenters. The van der Waals surface area contributed by atoms with Gasteiger partial charge in [0.15, 0.2) is 11.8 Å². The molecule has 0 aliphatic carbocycles. The van der Waals surface area contributed by atoms with Crippen molar-refractivity contribution in [3.05, 3.63) is 71.3 Å². The molecule has 4 heterocycles. The van der Waals surface area contributed by atoms with Gasteiger partial charge in [0.2, 0.25) is 0 Å². The van der Waals surface area contributed by atoms with Crippen LogP contribution in [-0.2, 0) is 7.05 Å². The molecule has 3 N–H and O–H groups in total. The van der Waals surface area contributed by atoms with Crippen molar-refractivity contribution < 1.29 is 19.7 Å². The van der Waals surface area contributed by atoms with E-state index in [4.69, 9.17) is 0 Å². The predicted octanol–water partition coefficient (Wildman–Crippen LogP) is 3.51. The summed E-state index contributed by atoms with van der Waals surface area (Å²) in [6.07, 6.45) is 5.54. The quantitative estimate of drug-likeness (QED) is 0.619. The number of halogens is 1. The third-order valence-electron chi connectivity index (χ3n) is 6.10. The fraction of sp³-hybridized carbons (Fsp3) is 0.261. The summed E-state index contributed by atoms with van der Waals surface area (Å²) in [5, 5.41) is 31.1. The zero-order valence-corrected chi connectivity index (χ0v) is 16.4. The molecule has 1 saturated heterocycles. The lowest BCUT2D eigenvalue weighted by atomic mass is 10.0. The molecule has 3 atom stereocenters. The Morgan fingerprint density at radius 2 is 1.90 bits per heavy atom. The molecule has 30 heavy (non-hydrogen) atoms. The average molecular weight is 407 g/mol. The summed E-state index contributed by atoms with van der Waals surface area (Å²) in [6, 6.07) is 9.72. The zero-order chi connectivity index (χ0) is 21.0. The molecule has 0 saturated carbocycles. The van der Waals surface area contributed by atoms with Gasteiger partial charge in [0.05, 0.1) is 17.8 Å². The van der Waals surface area contributed by atoms with Gasteiger partial charge in [0.1, 0.15) is 5.82 Å². The molecule has 0 bridgehead atoms. The Balaban J connectivity index is 1.45. The van der Waals surface area contributed by atoms with Crippen LogP contribution in [0.2, 0.25) is 0 Å². The Morgan fingerprint density at radius 3 is 2.63 bits per heavy atom. The lowest BCUT2D eigenvalue weighted by Crippen LogP contribution is -2.23. The molecule has 2 aliphatic heterocycles. The summed E-state index contributed by atoms with van der Waals surface area (Å²) in [5.74, 6) is -0.211. The van der Waals surface area contributed by atoms with Gasteiger partial charge in [-0.05, 0) is 36.3 Å². The van der Waals surface area contributed by atoms with Crippen LogP contribution >= 0.6 is 0 Å². The molecule has 2 aromatic heterocycles. The van der Waals surface area contributed by atoms with Crippen LogP contribution in [0.1, 0.15) is 35.3 Å². The van der Waals surface area contributed by atoms with Crippen LogP contribution in [0, 0.1) is 5.82 Å². The Morgan fingerprint density at radius 1 is 1.10 bits per heavy atom. The van der Waals surface area contributed by atoms with Crippen LogP contribution in [0.15, 0.2) is 48.7 Å². The van der Waals surface area contributed by atoms with Gasteiger partial charge in [-0.1, -0.05) is 24.3 Å². The molecule has 5 rings (SSSR count).